The molecule has 0 atom stereocenters. The number of nitrogens with zero attached hydrogens (tertiary/aromatic N) is 2. The molecule has 3 aliphatic heterocycles. The Morgan fingerprint density at radius 1 is 1.24 bits per heavy atom. The van der Waals surface area contributed by atoms with Crippen molar-refractivity contribution >= 4 is 34.4 Å². The largest absolute Gasteiger partial charge is 0.369 e. The minimum absolute atomic E-state index is 0.202. The molecule has 21 heavy (non-hydrogen) atoms. The SMILES string of the molecule is O=C1/C(=C\c2cc3ccccc3nc2Cl)N2CCC1CC2. The first-order valence-corrected chi connectivity index (χ1v) is 7.66. The monoisotopic (exact) mass is 298 g/mol. The van der Waals surface area contributed by atoms with Crippen molar-refractivity contribution in [2.24, 2.45) is 5.92 Å². The molecular weight excluding hydrogens is 284 g/mol. The highest BCUT2D eigenvalue weighted by atomic mass is 35.5. The number of aromatic nitrogens is 1. The number of allylic oxidation sites excluding steroid dienone is 1. The number of hydrogen-bond acceptors (Lipinski definition) is 3. The predicted octanol–water partition coefficient (Wildman–Crippen LogP) is 3.52. The van der Waals surface area contributed by atoms with Gasteiger partial charge in [0.15, 0.2) is 5.78 Å². The highest BCUT2D eigenvalue weighted by molar-refractivity contribution is 6.31. The van der Waals surface area contributed by atoms with Crippen molar-refractivity contribution < 1.29 is 4.79 Å². The summed E-state index contributed by atoms with van der Waals surface area (Å²) >= 11 is 6.29. The van der Waals surface area contributed by atoms with Gasteiger partial charge < -0.3 is 4.90 Å². The maximum Gasteiger partial charge on any atom is 0.182 e. The summed E-state index contributed by atoms with van der Waals surface area (Å²) in [6.45, 7) is 1.95. The van der Waals surface area contributed by atoms with Crippen LogP contribution in [0.25, 0.3) is 17.0 Å². The lowest BCUT2D eigenvalue weighted by Crippen LogP contribution is -2.45. The van der Waals surface area contributed by atoms with Crippen LogP contribution >= 0.6 is 11.6 Å². The van der Waals surface area contributed by atoms with E-state index >= 15 is 0 Å². The van der Waals surface area contributed by atoms with E-state index in [0.29, 0.717) is 5.15 Å². The molecule has 5 rings (SSSR count). The number of hydrogen-bond donors (Lipinski definition) is 0. The first kappa shape index (κ1) is 12.8. The van der Waals surface area contributed by atoms with Crippen molar-refractivity contribution in [1.82, 2.24) is 9.88 Å². The molecule has 0 radical (unpaired) electrons. The van der Waals surface area contributed by atoms with E-state index < -0.39 is 0 Å². The number of carbonyl (C=O) groups is 1. The summed E-state index contributed by atoms with van der Waals surface area (Å²) in [4.78, 5) is 19.0. The standard InChI is InChI=1S/C17H15ClN2O/c18-17-13(9-12-3-1-2-4-14(12)19-17)10-15-16(21)11-5-7-20(15)8-6-11/h1-4,9-11H,5-8H2/b15-10+. The number of halogens is 1. The van der Waals surface area contributed by atoms with Crippen LogP contribution in [0.5, 0.6) is 0 Å². The molecule has 4 heteroatoms. The molecule has 0 spiro atoms. The van der Waals surface area contributed by atoms with Gasteiger partial charge in [-0.25, -0.2) is 4.98 Å². The van der Waals surface area contributed by atoms with E-state index in [0.717, 1.165) is 48.1 Å². The highest BCUT2D eigenvalue weighted by Gasteiger charge is 2.36. The first-order chi connectivity index (χ1) is 10.2. The second-order valence-corrected chi connectivity index (χ2v) is 6.07. The minimum Gasteiger partial charge on any atom is -0.369 e. The van der Waals surface area contributed by atoms with Crippen LogP contribution < -0.4 is 0 Å². The van der Waals surface area contributed by atoms with Crippen molar-refractivity contribution in [3.63, 3.8) is 0 Å². The van der Waals surface area contributed by atoms with Crippen molar-refractivity contribution in [2.75, 3.05) is 13.1 Å². The van der Waals surface area contributed by atoms with Crippen molar-refractivity contribution in [3.05, 3.63) is 46.7 Å². The maximum atomic E-state index is 12.4. The number of carbonyl (C=O) groups excluding carboxylic acids is 1. The fourth-order valence-corrected chi connectivity index (χ4v) is 3.47. The third-order valence-corrected chi connectivity index (χ3v) is 4.76. The number of pyridine rings is 1. The van der Waals surface area contributed by atoms with Crippen LogP contribution in [0.15, 0.2) is 36.0 Å². The van der Waals surface area contributed by atoms with E-state index in [1.165, 1.54) is 0 Å². The van der Waals surface area contributed by atoms with Gasteiger partial charge in [-0.05, 0) is 31.1 Å². The molecule has 0 unspecified atom stereocenters. The number of Topliss-reactive ketones (excluding diaryl/α,β-unsaturated/α-hetero) is 1. The highest BCUT2D eigenvalue weighted by Crippen LogP contribution is 2.33. The number of para-hydroxylation sites is 1. The van der Waals surface area contributed by atoms with Crippen LogP contribution in [-0.2, 0) is 4.79 Å². The molecule has 2 bridgehead atoms. The molecule has 1 aromatic heterocycles. The molecule has 3 saturated heterocycles. The summed E-state index contributed by atoms with van der Waals surface area (Å²) in [6, 6.07) is 9.88. The first-order valence-electron chi connectivity index (χ1n) is 7.28. The van der Waals surface area contributed by atoms with E-state index in [9.17, 15) is 4.79 Å². The van der Waals surface area contributed by atoms with Gasteiger partial charge in [-0.1, -0.05) is 29.8 Å². The zero-order valence-electron chi connectivity index (χ0n) is 11.6. The molecule has 1 aromatic carbocycles. The number of fused-ring (bicyclic) bond motifs is 4. The Morgan fingerprint density at radius 2 is 2.00 bits per heavy atom. The summed E-state index contributed by atoms with van der Waals surface area (Å²) in [5, 5.41) is 1.49. The van der Waals surface area contributed by atoms with E-state index in [1.807, 2.05) is 36.4 Å². The lowest BCUT2D eigenvalue weighted by molar-refractivity contribution is -0.125. The Hall–Kier alpha value is -1.87. The van der Waals surface area contributed by atoms with Crippen LogP contribution in [0.1, 0.15) is 18.4 Å². The Morgan fingerprint density at radius 3 is 2.76 bits per heavy atom. The van der Waals surface area contributed by atoms with Gasteiger partial charge in [-0.15, -0.1) is 0 Å². The number of ketones is 1. The molecule has 0 aliphatic carbocycles. The maximum absolute atomic E-state index is 12.4. The van der Waals surface area contributed by atoms with Gasteiger partial charge in [-0.3, -0.25) is 4.79 Å². The molecule has 3 aliphatic rings. The van der Waals surface area contributed by atoms with Crippen LogP contribution in [-0.4, -0.2) is 28.8 Å². The van der Waals surface area contributed by atoms with E-state index in [4.69, 9.17) is 11.6 Å². The van der Waals surface area contributed by atoms with Gasteiger partial charge in [0, 0.05) is 30.0 Å². The Balaban J connectivity index is 1.81. The third-order valence-electron chi connectivity index (χ3n) is 4.46. The molecular formula is C17H15ClN2O. The lowest BCUT2D eigenvalue weighted by atomic mass is 9.84. The van der Waals surface area contributed by atoms with Crippen LogP contribution in [0.4, 0.5) is 0 Å². The summed E-state index contributed by atoms with van der Waals surface area (Å²) in [5.74, 6) is 0.463. The Kier molecular flexibility index (Phi) is 2.96. The normalized spacial score (nSPS) is 20.7. The lowest BCUT2D eigenvalue weighted by Gasteiger charge is -2.41. The van der Waals surface area contributed by atoms with Gasteiger partial charge in [-0.2, -0.15) is 0 Å². The quantitative estimate of drug-likeness (QED) is 0.596. The number of rotatable bonds is 1. The van der Waals surface area contributed by atoms with Gasteiger partial charge >= 0.3 is 0 Å². The molecule has 106 valence electrons. The Labute approximate surface area is 128 Å². The molecule has 0 saturated carbocycles. The smallest absolute Gasteiger partial charge is 0.182 e. The third kappa shape index (κ3) is 2.12. The average molecular weight is 299 g/mol. The predicted molar refractivity (Wildman–Crippen MR) is 84.0 cm³/mol. The van der Waals surface area contributed by atoms with Crippen molar-refractivity contribution in [1.29, 1.82) is 0 Å². The van der Waals surface area contributed by atoms with Crippen LogP contribution in [0.2, 0.25) is 5.15 Å². The molecule has 3 fully saturated rings. The second kappa shape index (κ2) is 4.85. The zero-order chi connectivity index (χ0) is 14.4. The topological polar surface area (TPSA) is 33.2 Å². The van der Waals surface area contributed by atoms with E-state index in [-0.39, 0.29) is 11.7 Å². The molecule has 4 heterocycles. The molecule has 3 nitrogen and oxygen atoms in total. The number of benzene rings is 1. The molecule has 0 amide bonds. The summed E-state index contributed by atoms with van der Waals surface area (Å²) < 4.78 is 0. The molecule has 0 N–H and O–H groups in total. The summed E-state index contributed by atoms with van der Waals surface area (Å²) in [7, 11) is 0. The van der Waals surface area contributed by atoms with Crippen LogP contribution in [0, 0.1) is 5.92 Å². The average Bonchev–Trinajstić information content (AvgIpc) is 2.51. The van der Waals surface area contributed by atoms with E-state index in [1.54, 1.807) is 0 Å². The molecule has 2 aromatic rings. The van der Waals surface area contributed by atoms with Gasteiger partial charge in [0.2, 0.25) is 0 Å². The fourth-order valence-electron chi connectivity index (χ4n) is 3.27. The second-order valence-electron chi connectivity index (χ2n) is 5.72. The zero-order valence-corrected chi connectivity index (χ0v) is 12.3. The van der Waals surface area contributed by atoms with Gasteiger partial charge in [0.05, 0.1) is 11.2 Å². The number of piperidine rings is 3. The van der Waals surface area contributed by atoms with Gasteiger partial charge in [0.1, 0.15) is 5.15 Å². The van der Waals surface area contributed by atoms with Crippen LogP contribution in [0.3, 0.4) is 0 Å². The van der Waals surface area contributed by atoms with Crippen molar-refractivity contribution in [3.8, 4) is 0 Å². The minimum atomic E-state index is 0.202. The summed E-state index contributed by atoms with van der Waals surface area (Å²) in [6.07, 6.45) is 3.88. The van der Waals surface area contributed by atoms with Gasteiger partial charge in [0.25, 0.3) is 0 Å². The summed E-state index contributed by atoms with van der Waals surface area (Å²) in [5.41, 5.74) is 2.50. The fraction of sp³-hybridized carbons (Fsp3) is 0.294. The van der Waals surface area contributed by atoms with E-state index in [2.05, 4.69) is 9.88 Å². The Bertz CT molecular complexity index is 760. The van der Waals surface area contributed by atoms with Crippen molar-refractivity contribution in [2.45, 2.75) is 12.8 Å².